The summed E-state index contributed by atoms with van der Waals surface area (Å²) in [4.78, 5) is 34.9. The Bertz CT molecular complexity index is 2000. The molecule has 6 heterocycles. The van der Waals surface area contributed by atoms with Gasteiger partial charge in [0.25, 0.3) is 5.91 Å². The molecule has 0 radical (unpaired) electrons. The van der Waals surface area contributed by atoms with Crippen molar-refractivity contribution < 1.29 is 69.6 Å². The molecule has 2 aromatic rings. The Labute approximate surface area is 395 Å². The zero-order chi connectivity index (χ0) is 47.6. The summed E-state index contributed by atoms with van der Waals surface area (Å²) in [5.74, 6) is 2.97. The van der Waals surface area contributed by atoms with E-state index < -0.39 is 47.7 Å². The van der Waals surface area contributed by atoms with Gasteiger partial charge in [-0.2, -0.15) is 0 Å². The number of carbonyl (C=O) groups is 2. The van der Waals surface area contributed by atoms with Crippen LogP contribution in [0.3, 0.4) is 0 Å². The third-order valence-electron chi connectivity index (χ3n) is 13.2. The molecule has 19 nitrogen and oxygen atoms in total. The average Bonchev–Trinajstić information content (AvgIpc) is 3.38. The van der Waals surface area contributed by atoms with Crippen LogP contribution in [0.4, 0.5) is 0 Å². The summed E-state index contributed by atoms with van der Waals surface area (Å²) in [6.07, 6.45) is 7.61. The van der Waals surface area contributed by atoms with Crippen molar-refractivity contribution in [2.45, 2.75) is 137 Å². The minimum atomic E-state index is -3.94. The first-order chi connectivity index (χ1) is 32.4. The molecule has 2 aromatic carbocycles. The third kappa shape index (κ3) is 14.2. The van der Waals surface area contributed by atoms with Crippen LogP contribution in [0.25, 0.3) is 0 Å². The van der Waals surface area contributed by atoms with Crippen LogP contribution in [-0.2, 0) is 80.9 Å². The van der Waals surface area contributed by atoms with Gasteiger partial charge >= 0.3 is 5.97 Å². The van der Waals surface area contributed by atoms with E-state index in [1.54, 1.807) is 0 Å². The number of hydrogen-bond donors (Lipinski definition) is 3. The topological polar surface area (TPSA) is 241 Å². The predicted molar refractivity (Wildman–Crippen MR) is 244 cm³/mol. The van der Waals surface area contributed by atoms with Crippen molar-refractivity contribution in [2.75, 3.05) is 65.8 Å². The molecule has 6 aliphatic rings. The van der Waals surface area contributed by atoms with Crippen molar-refractivity contribution in [1.82, 2.24) is 14.1 Å². The van der Waals surface area contributed by atoms with Crippen molar-refractivity contribution in [3.63, 3.8) is 0 Å². The van der Waals surface area contributed by atoms with Crippen molar-refractivity contribution in [3.05, 3.63) is 71.8 Å². The van der Waals surface area contributed by atoms with Crippen LogP contribution in [0.2, 0.25) is 0 Å². The van der Waals surface area contributed by atoms with Crippen molar-refractivity contribution in [3.8, 4) is 0 Å². The number of ether oxygens (including phenoxy) is 6. The first kappa shape index (κ1) is 53.2. The van der Waals surface area contributed by atoms with E-state index in [-0.39, 0.29) is 83.7 Å². The number of carboxylic acids is 1. The van der Waals surface area contributed by atoms with Gasteiger partial charge in [0.05, 0.1) is 25.4 Å². The molecule has 0 aliphatic carbocycles. The van der Waals surface area contributed by atoms with Gasteiger partial charge in [-0.3, -0.25) is 14.4 Å². The number of carbonyl (C=O) groups excluding carboxylic acids is 1. The lowest BCUT2D eigenvalue weighted by Crippen LogP contribution is -2.61. The highest BCUT2D eigenvalue weighted by atomic mass is 32.2. The molecule has 1 amide bonds. The lowest BCUT2D eigenvalue weighted by atomic mass is 9.98. The Morgan fingerprint density at radius 3 is 1.42 bits per heavy atom. The molecule has 0 bridgehead atoms. The van der Waals surface area contributed by atoms with Crippen molar-refractivity contribution in [1.29, 1.82) is 0 Å². The summed E-state index contributed by atoms with van der Waals surface area (Å²) in [5, 5.41) is 9.63. The number of rotatable bonds is 15. The monoisotopic (exact) mass is 982 g/mol. The number of hydroxylamine groups is 1. The average molecular weight is 983 g/mol. The van der Waals surface area contributed by atoms with Crippen LogP contribution in [0.1, 0.15) is 101 Å². The van der Waals surface area contributed by atoms with E-state index >= 15 is 0 Å². The number of carboxylic acid groups (broad SMARTS) is 1. The molecular formula is C46H70N4O15S2. The van der Waals surface area contributed by atoms with Crippen LogP contribution in [-0.4, -0.2) is 143 Å². The highest BCUT2D eigenvalue weighted by molar-refractivity contribution is 7.91. The van der Waals surface area contributed by atoms with Gasteiger partial charge in [0.15, 0.2) is 22.1 Å². The smallest absolute Gasteiger partial charge is 0.326 e. The van der Waals surface area contributed by atoms with E-state index in [1.165, 1.54) is 15.0 Å². The molecule has 6 aliphatic heterocycles. The fourth-order valence-electron chi connectivity index (χ4n) is 8.97. The number of nitrogens with zero attached hydrogens (tertiary/aromatic N) is 2. The van der Waals surface area contributed by atoms with Crippen LogP contribution in [0.5, 0.6) is 0 Å². The Balaban J connectivity index is 0.000000193. The fraction of sp³-hybridized carbons (Fsp3) is 0.696. The third-order valence-corrected chi connectivity index (χ3v) is 18.5. The maximum Gasteiger partial charge on any atom is 0.326 e. The number of nitrogens with one attached hydrogen (secondary N) is 1. The first-order valence-electron chi connectivity index (χ1n) is 23.6. The van der Waals surface area contributed by atoms with E-state index in [9.17, 15) is 31.5 Å². The second-order valence-electron chi connectivity index (χ2n) is 17.6. The second-order valence-corrected chi connectivity index (χ2v) is 22.1. The summed E-state index contributed by atoms with van der Waals surface area (Å²) in [7, 11) is -7.86. The Kier molecular flexibility index (Phi) is 20.8. The predicted octanol–water partition coefficient (Wildman–Crippen LogP) is 4.16. The largest absolute Gasteiger partial charge is 0.480 e. The molecule has 2 unspecified atom stereocenters. The fourth-order valence-corrected chi connectivity index (χ4v) is 13.2. The van der Waals surface area contributed by atoms with Crippen LogP contribution in [0.15, 0.2) is 60.7 Å². The molecule has 8 rings (SSSR count). The van der Waals surface area contributed by atoms with E-state index in [0.717, 1.165) is 43.4 Å². The number of hydrogen-bond acceptors (Lipinski definition) is 15. The zero-order valence-corrected chi connectivity index (χ0v) is 40.1. The molecule has 67 heavy (non-hydrogen) atoms. The van der Waals surface area contributed by atoms with Gasteiger partial charge < -0.3 is 33.5 Å². The maximum atomic E-state index is 13.7. The Morgan fingerprint density at radius 1 is 0.612 bits per heavy atom. The van der Waals surface area contributed by atoms with Gasteiger partial charge in [0, 0.05) is 104 Å². The van der Waals surface area contributed by atoms with Crippen molar-refractivity contribution >= 4 is 31.9 Å². The quantitative estimate of drug-likeness (QED) is 0.212. The molecule has 0 saturated carbocycles. The summed E-state index contributed by atoms with van der Waals surface area (Å²) in [6.45, 7) is 4.32. The van der Waals surface area contributed by atoms with Gasteiger partial charge in [-0.15, -0.1) is 0 Å². The van der Waals surface area contributed by atoms with E-state index in [0.29, 0.717) is 65.0 Å². The van der Waals surface area contributed by atoms with Crippen molar-refractivity contribution in [2.24, 2.45) is 5.90 Å². The minimum absolute atomic E-state index is 0.00486. The molecule has 0 spiro atoms. The molecule has 21 heteroatoms. The number of benzene rings is 2. The molecule has 0 aromatic heterocycles. The molecule has 376 valence electrons. The normalized spacial score (nSPS) is 24.5. The Hall–Kier alpha value is -3.16. The molecule has 4 N–H and O–H groups in total. The zero-order valence-electron chi connectivity index (χ0n) is 38.4. The molecule has 6 saturated heterocycles. The Morgan fingerprint density at radius 2 is 1.03 bits per heavy atom. The van der Waals surface area contributed by atoms with Crippen LogP contribution in [0, 0.1) is 0 Å². The van der Waals surface area contributed by atoms with Gasteiger partial charge in [-0.25, -0.2) is 41.7 Å². The molecule has 2 atom stereocenters. The van der Waals surface area contributed by atoms with Gasteiger partial charge in [-0.05, 0) is 62.5 Å². The summed E-state index contributed by atoms with van der Waals surface area (Å²) >= 11 is 0. The van der Waals surface area contributed by atoms with E-state index in [1.807, 2.05) is 60.7 Å². The minimum Gasteiger partial charge on any atom is -0.480 e. The number of nitrogens with two attached hydrogens (primary N) is 1. The number of aliphatic carboxylic acids is 1. The van der Waals surface area contributed by atoms with E-state index in [4.69, 9.17) is 39.2 Å². The number of amides is 1. The van der Waals surface area contributed by atoms with Gasteiger partial charge in [0.2, 0.25) is 20.0 Å². The summed E-state index contributed by atoms with van der Waals surface area (Å²) < 4.78 is 86.0. The molecule has 6 fully saturated rings. The number of sulfonamides is 2. The van der Waals surface area contributed by atoms with Gasteiger partial charge in [-0.1, -0.05) is 60.7 Å². The maximum absolute atomic E-state index is 13.7. The second kappa shape index (κ2) is 26.2. The highest BCUT2D eigenvalue weighted by Crippen LogP contribution is 2.36. The lowest BCUT2D eigenvalue weighted by molar-refractivity contribution is -0.202. The number of piperidine rings is 2. The first-order valence-corrected chi connectivity index (χ1v) is 26.5. The van der Waals surface area contributed by atoms with Crippen LogP contribution < -0.4 is 11.4 Å². The highest BCUT2D eigenvalue weighted by Gasteiger charge is 2.56. The lowest BCUT2D eigenvalue weighted by Gasteiger charge is -2.41. The van der Waals surface area contributed by atoms with Crippen LogP contribution >= 0.6 is 0 Å². The summed E-state index contributed by atoms with van der Waals surface area (Å²) in [6, 6.07) is 19.7. The van der Waals surface area contributed by atoms with Gasteiger partial charge in [0.1, 0.15) is 0 Å². The standard InChI is InChI=1S/C23H34N2O7S.C18H25NO6S.C5H11NO2/c26-22(24-32-21-8-4-5-15-30-21)23(11-16-29-17-12-23)33(27,28)25-13-9-20(10-14-25)31-18-19-6-2-1-3-7-19;20-17(21)18(8-12-24-13-9-18)26(22,23)19-10-6-16(7-11-19)25-14-15-4-2-1-3-5-15;6-8-5-3-1-2-4-7-5/h1-3,6-7,20-21H,4-5,8-18H2,(H,24,26);1-5,16H,6-14H2,(H,20,21);5H,1-4,6H2. The summed E-state index contributed by atoms with van der Waals surface area (Å²) in [5.41, 5.74) is 4.57. The SMILES string of the molecule is NOC1CCCCO1.O=C(NOC1CCCCO1)C1(S(=O)(=O)N2CCC(OCc3ccccc3)CC2)CCOCC1.O=C(O)C1(S(=O)(=O)N2CCC(OCc3ccccc3)CC2)CCOCC1. The molecular weight excluding hydrogens is 913 g/mol. The van der Waals surface area contributed by atoms with E-state index in [2.05, 4.69) is 10.3 Å².